The first-order chi connectivity index (χ1) is 12.2. The molecule has 2 rings (SSSR count). The van der Waals surface area contributed by atoms with Gasteiger partial charge in [-0.25, -0.2) is 4.68 Å². The van der Waals surface area contributed by atoms with E-state index in [4.69, 9.17) is 0 Å². The zero-order valence-electron chi connectivity index (χ0n) is 14.7. The molecule has 0 saturated heterocycles. The number of amides is 1. The Morgan fingerprint density at radius 3 is 2.35 bits per heavy atom. The largest absolute Gasteiger partial charge is 0.481 e. The van der Waals surface area contributed by atoms with Crippen molar-refractivity contribution in [3.05, 3.63) is 52.8 Å². The second-order valence-electron chi connectivity index (χ2n) is 6.13. The fourth-order valence-electron chi connectivity index (χ4n) is 2.83. The minimum Gasteiger partial charge on any atom is -0.481 e. The van der Waals surface area contributed by atoms with Crippen molar-refractivity contribution in [2.75, 3.05) is 0 Å². The number of hydrogen-bond donors (Lipinski definition) is 2. The van der Waals surface area contributed by atoms with Crippen molar-refractivity contribution in [2.24, 2.45) is 5.92 Å². The number of nitrogens with one attached hydrogen (secondary N) is 1. The van der Waals surface area contributed by atoms with E-state index in [2.05, 4.69) is 10.4 Å². The van der Waals surface area contributed by atoms with Crippen LogP contribution in [0, 0.1) is 19.8 Å². The molecule has 0 aliphatic heterocycles. The van der Waals surface area contributed by atoms with Crippen LogP contribution in [0.3, 0.4) is 0 Å². The standard InChI is InChI=1S/C18H21F2N3O3/c1-10(17(25)26)16(13-7-5-4-6-8-13)21-15(24)9-14-11(2)22-23(12(14)3)18(19)20/h4-8,10,16,18H,9H2,1-3H3,(H,21,24)(H,25,26)/t10-,16+/m1/s1. The SMILES string of the molecule is Cc1nn(C(F)F)c(C)c1CC(=O)N[C@H](c1ccccc1)[C@@H](C)C(=O)O. The summed E-state index contributed by atoms with van der Waals surface area (Å²) in [7, 11) is 0. The van der Waals surface area contributed by atoms with E-state index in [1.54, 1.807) is 37.3 Å². The zero-order valence-corrected chi connectivity index (χ0v) is 14.7. The second kappa shape index (κ2) is 8.07. The number of carbonyl (C=O) groups excluding carboxylic acids is 1. The van der Waals surface area contributed by atoms with Gasteiger partial charge in [-0.2, -0.15) is 13.9 Å². The number of aliphatic carboxylic acids is 1. The quantitative estimate of drug-likeness (QED) is 0.790. The Labute approximate surface area is 149 Å². The minimum atomic E-state index is -2.78. The van der Waals surface area contributed by atoms with Gasteiger partial charge in [-0.15, -0.1) is 0 Å². The van der Waals surface area contributed by atoms with Gasteiger partial charge in [-0.3, -0.25) is 9.59 Å². The molecule has 0 radical (unpaired) electrons. The van der Waals surface area contributed by atoms with Gasteiger partial charge in [0.25, 0.3) is 0 Å². The zero-order chi connectivity index (χ0) is 19.4. The van der Waals surface area contributed by atoms with Crippen molar-refractivity contribution >= 4 is 11.9 Å². The van der Waals surface area contributed by atoms with Gasteiger partial charge in [-0.1, -0.05) is 30.3 Å². The average Bonchev–Trinajstić information content (AvgIpc) is 2.88. The Kier molecular flexibility index (Phi) is 6.07. The highest BCUT2D eigenvalue weighted by Gasteiger charge is 2.27. The third-order valence-electron chi connectivity index (χ3n) is 4.36. The lowest BCUT2D eigenvalue weighted by molar-refractivity contribution is -0.142. The fourth-order valence-corrected chi connectivity index (χ4v) is 2.83. The Balaban J connectivity index is 2.22. The molecule has 2 N–H and O–H groups in total. The molecular formula is C18H21F2N3O3. The number of hydrogen-bond acceptors (Lipinski definition) is 3. The van der Waals surface area contributed by atoms with Gasteiger partial charge in [0.05, 0.1) is 24.1 Å². The summed E-state index contributed by atoms with van der Waals surface area (Å²) in [5.41, 5.74) is 1.64. The molecule has 0 saturated carbocycles. The Bertz CT molecular complexity index is 790. The van der Waals surface area contributed by atoms with Crippen molar-refractivity contribution < 1.29 is 23.5 Å². The van der Waals surface area contributed by atoms with Crippen LogP contribution in [0.4, 0.5) is 8.78 Å². The first-order valence-electron chi connectivity index (χ1n) is 8.12. The molecule has 0 unspecified atom stereocenters. The highest BCUT2D eigenvalue weighted by molar-refractivity contribution is 5.81. The lowest BCUT2D eigenvalue weighted by Gasteiger charge is -2.23. The van der Waals surface area contributed by atoms with Crippen LogP contribution in [0.2, 0.25) is 0 Å². The van der Waals surface area contributed by atoms with E-state index >= 15 is 0 Å². The number of nitrogens with zero attached hydrogens (tertiary/aromatic N) is 2. The summed E-state index contributed by atoms with van der Waals surface area (Å²) >= 11 is 0. The van der Waals surface area contributed by atoms with E-state index in [-0.39, 0.29) is 12.1 Å². The molecule has 1 aromatic carbocycles. The molecule has 0 fully saturated rings. The molecule has 26 heavy (non-hydrogen) atoms. The number of halogens is 2. The predicted octanol–water partition coefficient (Wildman–Crippen LogP) is 3.02. The molecule has 0 spiro atoms. The Hall–Kier alpha value is -2.77. The number of aromatic nitrogens is 2. The summed E-state index contributed by atoms with van der Waals surface area (Å²) in [4.78, 5) is 23.9. The van der Waals surface area contributed by atoms with Crippen LogP contribution in [-0.2, 0) is 16.0 Å². The van der Waals surface area contributed by atoms with Crippen LogP contribution >= 0.6 is 0 Å². The molecule has 140 valence electrons. The second-order valence-corrected chi connectivity index (χ2v) is 6.13. The van der Waals surface area contributed by atoms with E-state index in [9.17, 15) is 23.5 Å². The molecular weight excluding hydrogens is 344 g/mol. The van der Waals surface area contributed by atoms with Crippen LogP contribution < -0.4 is 5.32 Å². The molecule has 2 aromatic rings. The lowest BCUT2D eigenvalue weighted by atomic mass is 9.94. The van der Waals surface area contributed by atoms with Crippen LogP contribution in [0.1, 0.15) is 42.0 Å². The molecule has 0 aliphatic rings. The topological polar surface area (TPSA) is 84.2 Å². The van der Waals surface area contributed by atoms with E-state index in [0.717, 1.165) is 0 Å². The van der Waals surface area contributed by atoms with Gasteiger partial charge >= 0.3 is 12.5 Å². The monoisotopic (exact) mass is 365 g/mol. The maximum absolute atomic E-state index is 12.9. The molecule has 0 bridgehead atoms. The third-order valence-corrected chi connectivity index (χ3v) is 4.36. The lowest BCUT2D eigenvalue weighted by Crippen LogP contribution is -2.36. The van der Waals surface area contributed by atoms with E-state index in [0.29, 0.717) is 21.5 Å². The maximum atomic E-state index is 12.9. The van der Waals surface area contributed by atoms with Crippen LogP contribution in [-0.4, -0.2) is 26.8 Å². The van der Waals surface area contributed by atoms with Crippen molar-refractivity contribution in [3.63, 3.8) is 0 Å². The van der Waals surface area contributed by atoms with Gasteiger partial charge in [0.1, 0.15) is 0 Å². The highest BCUT2D eigenvalue weighted by Crippen LogP contribution is 2.24. The molecule has 6 nitrogen and oxygen atoms in total. The number of carboxylic acid groups (broad SMARTS) is 1. The maximum Gasteiger partial charge on any atom is 0.333 e. The van der Waals surface area contributed by atoms with Gasteiger partial charge < -0.3 is 10.4 Å². The normalized spacial score (nSPS) is 13.5. The van der Waals surface area contributed by atoms with Gasteiger partial charge in [0.2, 0.25) is 5.91 Å². The van der Waals surface area contributed by atoms with Gasteiger partial charge in [-0.05, 0) is 26.3 Å². The molecule has 1 aromatic heterocycles. The van der Waals surface area contributed by atoms with Gasteiger partial charge in [0.15, 0.2) is 0 Å². The first-order valence-corrected chi connectivity index (χ1v) is 8.12. The Morgan fingerprint density at radius 1 is 1.23 bits per heavy atom. The number of rotatable bonds is 7. The minimum absolute atomic E-state index is 0.153. The molecule has 1 heterocycles. The van der Waals surface area contributed by atoms with Crippen molar-refractivity contribution in [2.45, 2.75) is 39.8 Å². The molecule has 1 amide bonds. The van der Waals surface area contributed by atoms with Crippen molar-refractivity contribution in [3.8, 4) is 0 Å². The van der Waals surface area contributed by atoms with E-state index in [1.165, 1.54) is 13.8 Å². The van der Waals surface area contributed by atoms with Crippen molar-refractivity contribution in [1.29, 1.82) is 0 Å². The van der Waals surface area contributed by atoms with Crippen molar-refractivity contribution in [1.82, 2.24) is 15.1 Å². The number of aryl methyl sites for hydroxylation is 1. The summed E-state index contributed by atoms with van der Waals surface area (Å²) in [5.74, 6) is -2.35. The van der Waals surface area contributed by atoms with Crippen LogP contribution in [0.5, 0.6) is 0 Å². The van der Waals surface area contributed by atoms with Crippen LogP contribution in [0.15, 0.2) is 30.3 Å². The Morgan fingerprint density at radius 2 is 1.85 bits per heavy atom. The first kappa shape index (κ1) is 19.6. The average molecular weight is 365 g/mol. The van der Waals surface area contributed by atoms with Gasteiger partial charge in [0, 0.05) is 11.3 Å². The summed E-state index contributed by atoms with van der Waals surface area (Å²) < 4.78 is 26.4. The summed E-state index contributed by atoms with van der Waals surface area (Å²) in [6, 6.07) is 8.03. The summed E-state index contributed by atoms with van der Waals surface area (Å²) in [6.07, 6.45) is -0.153. The highest BCUT2D eigenvalue weighted by atomic mass is 19.3. The predicted molar refractivity (Wildman–Crippen MR) is 90.8 cm³/mol. The third kappa shape index (κ3) is 4.25. The van der Waals surface area contributed by atoms with Crippen LogP contribution in [0.25, 0.3) is 0 Å². The number of carbonyl (C=O) groups is 2. The summed E-state index contributed by atoms with van der Waals surface area (Å²) in [5, 5.41) is 15.8. The number of benzene rings is 1. The molecule has 0 aliphatic carbocycles. The van der Waals surface area contributed by atoms with E-state index < -0.39 is 30.4 Å². The molecule has 8 heteroatoms. The molecule has 2 atom stereocenters. The summed E-state index contributed by atoms with van der Waals surface area (Å²) in [6.45, 7) is 1.76. The number of alkyl halides is 2. The smallest absolute Gasteiger partial charge is 0.333 e. The fraction of sp³-hybridized carbons (Fsp3) is 0.389. The van der Waals surface area contributed by atoms with E-state index in [1.807, 2.05) is 0 Å². The number of carboxylic acids is 1.